The van der Waals surface area contributed by atoms with Crippen molar-refractivity contribution in [3.8, 4) is 11.1 Å². The van der Waals surface area contributed by atoms with Gasteiger partial charge in [-0.2, -0.15) is 0 Å². The molecular formula is C27H29NO3S. The van der Waals surface area contributed by atoms with Crippen LogP contribution in [0.2, 0.25) is 0 Å². The minimum Gasteiger partial charge on any atom is -0.481 e. The Morgan fingerprint density at radius 2 is 1.53 bits per heavy atom. The molecule has 1 heterocycles. The molecule has 4 rings (SSSR count). The smallest absolute Gasteiger partial charge is 0.306 e. The van der Waals surface area contributed by atoms with E-state index in [0.717, 1.165) is 35.3 Å². The van der Waals surface area contributed by atoms with Crippen molar-refractivity contribution in [3.63, 3.8) is 0 Å². The molecule has 32 heavy (non-hydrogen) atoms. The van der Waals surface area contributed by atoms with Crippen LogP contribution in [0.25, 0.3) is 11.1 Å². The van der Waals surface area contributed by atoms with Crippen molar-refractivity contribution < 1.29 is 14.7 Å². The fourth-order valence-corrected chi connectivity index (χ4v) is 5.71. The lowest BCUT2D eigenvalue weighted by atomic mass is 9.86. The van der Waals surface area contributed by atoms with Crippen LogP contribution >= 0.6 is 11.3 Å². The van der Waals surface area contributed by atoms with Gasteiger partial charge in [0, 0.05) is 15.8 Å². The molecule has 166 valence electrons. The quantitative estimate of drug-likeness (QED) is 0.487. The molecule has 0 saturated heterocycles. The van der Waals surface area contributed by atoms with Crippen molar-refractivity contribution in [1.29, 1.82) is 0 Å². The van der Waals surface area contributed by atoms with E-state index in [1.807, 2.05) is 25.1 Å². The maximum Gasteiger partial charge on any atom is 0.306 e. The second-order valence-electron chi connectivity index (χ2n) is 8.67. The van der Waals surface area contributed by atoms with Crippen LogP contribution in [0.5, 0.6) is 0 Å². The molecule has 1 aromatic heterocycles. The molecule has 4 nitrogen and oxygen atoms in total. The summed E-state index contributed by atoms with van der Waals surface area (Å²) in [5.74, 6) is -1.02. The normalized spacial score (nSPS) is 18.3. The number of rotatable bonds is 6. The summed E-state index contributed by atoms with van der Waals surface area (Å²) in [6.07, 6.45) is 3.42. The van der Waals surface area contributed by atoms with E-state index in [1.54, 1.807) is 11.3 Å². The van der Waals surface area contributed by atoms with Gasteiger partial charge in [0.25, 0.3) is 5.91 Å². The van der Waals surface area contributed by atoms with Crippen LogP contribution in [-0.2, 0) is 11.2 Å². The van der Waals surface area contributed by atoms with Crippen molar-refractivity contribution in [2.24, 2.45) is 5.92 Å². The molecule has 1 fully saturated rings. The SMILES string of the molecule is Cc1sc(C)c(C(=O)N[C@H]2CC[C@H](C(=O)O)CC2)c1Cc1ccc(-c2ccccc2)cc1. The third kappa shape index (κ3) is 4.94. The van der Waals surface area contributed by atoms with Crippen LogP contribution in [0.3, 0.4) is 0 Å². The van der Waals surface area contributed by atoms with E-state index in [9.17, 15) is 14.7 Å². The molecule has 1 saturated carbocycles. The Labute approximate surface area is 193 Å². The summed E-state index contributed by atoms with van der Waals surface area (Å²) in [5.41, 5.74) is 5.44. The molecule has 3 aromatic rings. The van der Waals surface area contributed by atoms with Crippen LogP contribution in [0, 0.1) is 19.8 Å². The molecule has 2 N–H and O–H groups in total. The Kier molecular flexibility index (Phi) is 6.75. The van der Waals surface area contributed by atoms with Crippen LogP contribution < -0.4 is 5.32 Å². The summed E-state index contributed by atoms with van der Waals surface area (Å²) in [5, 5.41) is 12.4. The lowest BCUT2D eigenvalue weighted by molar-refractivity contribution is -0.142. The number of aryl methyl sites for hydroxylation is 2. The topological polar surface area (TPSA) is 66.4 Å². The molecule has 0 bridgehead atoms. The Morgan fingerprint density at radius 3 is 2.16 bits per heavy atom. The van der Waals surface area contributed by atoms with Gasteiger partial charge in [-0.25, -0.2) is 0 Å². The average Bonchev–Trinajstić information content (AvgIpc) is 3.08. The largest absolute Gasteiger partial charge is 0.481 e. The maximum atomic E-state index is 13.2. The highest BCUT2D eigenvalue weighted by atomic mass is 32.1. The summed E-state index contributed by atoms with van der Waals surface area (Å²) < 4.78 is 0. The molecule has 2 aromatic carbocycles. The zero-order valence-corrected chi connectivity index (χ0v) is 19.4. The predicted octanol–water partition coefficient (Wildman–Crippen LogP) is 6.00. The zero-order valence-electron chi connectivity index (χ0n) is 18.6. The first-order chi connectivity index (χ1) is 15.4. The van der Waals surface area contributed by atoms with Crippen LogP contribution in [-0.4, -0.2) is 23.0 Å². The first-order valence-corrected chi connectivity index (χ1v) is 12.0. The van der Waals surface area contributed by atoms with Gasteiger partial charge in [0.05, 0.1) is 11.5 Å². The van der Waals surface area contributed by atoms with E-state index < -0.39 is 5.97 Å². The number of nitrogens with one attached hydrogen (secondary N) is 1. The van der Waals surface area contributed by atoms with Crippen molar-refractivity contribution in [1.82, 2.24) is 5.32 Å². The maximum absolute atomic E-state index is 13.2. The standard InChI is InChI=1S/C27H29NO3S/c1-17-24(16-19-8-10-21(11-9-19)20-6-4-3-5-7-20)25(18(2)32-17)26(29)28-23-14-12-22(13-15-23)27(30)31/h3-11,22-23H,12-16H2,1-2H3,(H,28,29)(H,30,31)/t22-,23-. The predicted molar refractivity (Wildman–Crippen MR) is 129 cm³/mol. The number of benzene rings is 2. The first kappa shape index (κ1) is 22.3. The third-order valence-electron chi connectivity index (χ3n) is 6.47. The van der Waals surface area contributed by atoms with Crippen molar-refractivity contribution >= 4 is 23.2 Å². The number of carboxylic acid groups (broad SMARTS) is 1. The summed E-state index contributed by atoms with van der Waals surface area (Å²) in [6.45, 7) is 4.09. The monoisotopic (exact) mass is 447 g/mol. The summed E-state index contributed by atoms with van der Waals surface area (Å²) >= 11 is 1.67. The molecule has 5 heteroatoms. The van der Waals surface area contributed by atoms with Gasteiger partial charge in [-0.1, -0.05) is 54.6 Å². The molecule has 0 radical (unpaired) electrons. The highest BCUT2D eigenvalue weighted by Crippen LogP contribution is 2.31. The van der Waals surface area contributed by atoms with Crippen molar-refractivity contribution in [3.05, 3.63) is 81.0 Å². The summed E-state index contributed by atoms with van der Waals surface area (Å²) in [7, 11) is 0. The number of carbonyl (C=O) groups is 2. The van der Waals surface area contributed by atoms with Gasteiger partial charge < -0.3 is 10.4 Å². The minimum absolute atomic E-state index is 0.0264. The van der Waals surface area contributed by atoms with Crippen LogP contribution in [0.15, 0.2) is 54.6 Å². The number of amides is 1. The molecule has 0 unspecified atom stereocenters. The van der Waals surface area contributed by atoms with Crippen LogP contribution in [0.1, 0.15) is 56.9 Å². The molecule has 0 spiro atoms. The number of hydrogen-bond donors (Lipinski definition) is 2. The molecule has 1 aliphatic carbocycles. The lowest BCUT2D eigenvalue weighted by Gasteiger charge is -2.27. The lowest BCUT2D eigenvalue weighted by Crippen LogP contribution is -2.39. The van der Waals surface area contributed by atoms with Crippen molar-refractivity contribution in [2.45, 2.75) is 52.0 Å². The van der Waals surface area contributed by atoms with Gasteiger partial charge in [-0.15, -0.1) is 11.3 Å². The highest BCUT2D eigenvalue weighted by molar-refractivity contribution is 7.12. The van der Waals surface area contributed by atoms with Gasteiger partial charge in [0.15, 0.2) is 0 Å². The highest BCUT2D eigenvalue weighted by Gasteiger charge is 2.28. The van der Waals surface area contributed by atoms with Gasteiger partial charge in [0.2, 0.25) is 0 Å². The van der Waals surface area contributed by atoms with Gasteiger partial charge in [-0.05, 0) is 68.2 Å². The number of aliphatic carboxylic acids is 1. The first-order valence-electron chi connectivity index (χ1n) is 11.2. The molecular weight excluding hydrogens is 418 g/mol. The van der Waals surface area contributed by atoms with Gasteiger partial charge >= 0.3 is 5.97 Å². The van der Waals surface area contributed by atoms with E-state index in [1.165, 1.54) is 21.6 Å². The fraction of sp³-hybridized carbons (Fsp3) is 0.333. The fourth-order valence-electron chi connectivity index (χ4n) is 4.63. The third-order valence-corrected chi connectivity index (χ3v) is 7.53. The zero-order chi connectivity index (χ0) is 22.7. The number of carboxylic acids is 1. The summed E-state index contributed by atoms with van der Waals surface area (Å²) in [6, 6.07) is 18.9. The molecule has 1 aliphatic rings. The van der Waals surface area contributed by atoms with E-state index in [2.05, 4.69) is 48.6 Å². The van der Waals surface area contributed by atoms with Gasteiger partial charge in [-0.3, -0.25) is 9.59 Å². The number of carbonyl (C=O) groups excluding carboxylic acids is 1. The Morgan fingerprint density at radius 1 is 0.906 bits per heavy atom. The summed E-state index contributed by atoms with van der Waals surface area (Å²) in [4.78, 5) is 26.6. The molecule has 1 amide bonds. The second kappa shape index (κ2) is 9.70. The molecule has 0 atom stereocenters. The van der Waals surface area contributed by atoms with E-state index in [4.69, 9.17) is 0 Å². The van der Waals surface area contributed by atoms with E-state index in [-0.39, 0.29) is 17.9 Å². The van der Waals surface area contributed by atoms with Crippen LogP contribution in [0.4, 0.5) is 0 Å². The minimum atomic E-state index is -0.723. The average molecular weight is 448 g/mol. The Balaban J connectivity index is 1.47. The van der Waals surface area contributed by atoms with Crippen molar-refractivity contribution in [2.75, 3.05) is 0 Å². The molecule has 0 aliphatic heterocycles. The Bertz CT molecular complexity index is 1090. The van der Waals surface area contributed by atoms with E-state index in [0.29, 0.717) is 12.8 Å². The Hall–Kier alpha value is -2.92. The van der Waals surface area contributed by atoms with E-state index >= 15 is 0 Å². The number of hydrogen-bond acceptors (Lipinski definition) is 3. The van der Waals surface area contributed by atoms with Gasteiger partial charge in [0.1, 0.15) is 0 Å². The second-order valence-corrected chi connectivity index (χ2v) is 10.1. The number of thiophene rings is 1.